The van der Waals surface area contributed by atoms with Crippen molar-refractivity contribution in [2.24, 2.45) is 0 Å². The maximum Gasteiger partial charge on any atom is 0.266 e. The van der Waals surface area contributed by atoms with Gasteiger partial charge in [0.2, 0.25) is 0 Å². The molecule has 0 saturated heterocycles. The number of amides is 1. The molecule has 1 amide bonds. The highest BCUT2D eigenvalue weighted by atomic mass is 35.5. The van der Waals surface area contributed by atoms with E-state index in [1.54, 1.807) is 23.7 Å². The molecular weight excluding hydrogens is 542 g/mol. The monoisotopic (exact) mass is 570 g/mol. The molecule has 3 aromatic carbocycles. The summed E-state index contributed by atoms with van der Waals surface area (Å²) in [6.07, 6.45) is 3.49. The average molecular weight is 572 g/mol. The summed E-state index contributed by atoms with van der Waals surface area (Å²) < 4.78 is 22.0. The van der Waals surface area contributed by atoms with E-state index in [1.165, 1.54) is 23.5 Å². The lowest BCUT2D eigenvalue weighted by atomic mass is 9.89. The Hall–Kier alpha value is -2.64. The van der Waals surface area contributed by atoms with Gasteiger partial charge >= 0.3 is 0 Å². The van der Waals surface area contributed by atoms with Crippen molar-refractivity contribution >= 4 is 50.7 Å². The van der Waals surface area contributed by atoms with E-state index >= 15 is 0 Å². The molecular formula is C30H29Cl2FN2O2S. The van der Waals surface area contributed by atoms with E-state index in [-0.39, 0.29) is 23.8 Å². The SMILES string of the molecule is COc1ccc(-c2ccc(F)cc2)cc1CN(C(=O)c1sc2ccccc2c1Cl)C1CCC(N(C)Cl)CC1. The zero-order valence-corrected chi connectivity index (χ0v) is 23.6. The number of carbonyl (C=O) groups excluding carboxylic acids is 1. The third-order valence-corrected chi connectivity index (χ3v) is 9.34. The van der Waals surface area contributed by atoms with E-state index in [9.17, 15) is 9.18 Å². The van der Waals surface area contributed by atoms with E-state index in [4.69, 9.17) is 28.1 Å². The Balaban J connectivity index is 1.52. The standard InChI is InChI=1S/C30H29Cl2FN2O2S/c1-34(32)23-12-14-24(15-13-23)35(30(36)29-28(31)25-5-3-4-6-27(25)38-29)18-21-17-20(9-16-26(21)37-2)19-7-10-22(33)11-8-19/h3-11,16-17,23-24H,12-15,18H2,1-2H3. The summed E-state index contributed by atoms with van der Waals surface area (Å²) in [6, 6.07) is 20.4. The number of thiophene rings is 1. The molecule has 1 saturated carbocycles. The van der Waals surface area contributed by atoms with Crippen molar-refractivity contribution in [3.63, 3.8) is 0 Å². The summed E-state index contributed by atoms with van der Waals surface area (Å²) in [5.74, 6) is 0.344. The molecule has 1 aliphatic carbocycles. The van der Waals surface area contributed by atoms with Gasteiger partial charge in [-0.15, -0.1) is 11.3 Å². The normalized spacial score (nSPS) is 17.6. The van der Waals surface area contributed by atoms with Crippen molar-refractivity contribution in [1.82, 2.24) is 9.32 Å². The van der Waals surface area contributed by atoms with Crippen molar-refractivity contribution in [3.05, 3.63) is 88.0 Å². The van der Waals surface area contributed by atoms with Crippen molar-refractivity contribution in [2.75, 3.05) is 14.2 Å². The Kier molecular flexibility index (Phi) is 8.24. The molecule has 0 atom stereocenters. The second kappa shape index (κ2) is 11.6. The van der Waals surface area contributed by atoms with Crippen molar-refractivity contribution in [2.45, 2.75) is 44.3 Å². The maximum atomic E-state index is 14.2. The van der Waals surface area contributed by atoms with Crippen LogP contribution in [-0.2, 0) is 6.54 Å². The maximum absolute atomic E-state index is 14.2. The highest BCUT2D eigenvalue weighted by molar-refractivity contribution is 7.21. The minimum Gasteiger partial charge on any atom is -0.496 e. The van der Waals surface area contributed by atoms with Gasteiger partial charge in [0.25, 0.3) is 5.91 Å². The molecule has 1 aromatic heterocycles. The zero-order valence-electron chi connectivity index (χ0n) is 21.3. The number of hydrogen-bond donors (Lipinski definition) is 0. The van der Waals surface area contributed by atoms with Crippen LogP contribution < -0.4 is 4.74 Å². The molecule has 4 nitrogen and oxygen atoms in total. The molecule has 8 heteroatoms. The topological polar surface area (TPSA) is 32.8 Å². The van der Waals surface area contributed by atoms with E-state index in [2.05, 4.69) is 0 Å². The number of carbonyl (C=O) groups is 1. The molecule has 5 rings (SSSR count). The number of hydrogen-bond acceptors (Lipinski definition) is 4. The molecule has 0 N–H and O–H groups in total. The fourth-order valence-corrected chi connectivity index (χ4v) is 6.95. The zero-order chi connectivity index (χ0) is 26.8. The van der Waals surface area contributed by atoms with Gasteiger partial charge in [0.05, 0.1) is 12.1 Å². The van der Waals surface area contributed by atoms with Crippen LogP contribution in [0.1, 0.15) is 40.9 Å². The minimum atomic E-state index is -0.280. The van der Waals surface area contributed by atoms with Gasteiger partial charge in [-0.25, -0.2) is 8.81 Å². The smallest absolute Gasteiger partial charge is 0.266 e. The Morgan fingerprint density at radius 1 is 1.00 bits per heavy atom. The number of rotatable bonds is 7. The average Bonchev–Trinajstić information content (AvgIpc) is 3.28. The summed E-state index contributed by atoms with van der Waals surface area (Å²) in [7, 11) is 3.52. The minimum absolute atomic E-state index is 0.0378. The quantitative estimate of drug-likeness (QED) is 0.209. The van der Waals surface area contributed by atoms with Crippen molar-refractivity contribution in [3.8, 4) is 16.9 Å². The summed E-state index contributed by atoms with van der Waals surface area (Å²) in [4.78, 5) is 16.7. The van der Waals surface area contributed by atoms with Crippen LogP contribution in [0.5, 0.6) is 5.75 Å². The lowest BCUT2D eigenvalue weighted by Crippen LogP contribution is -2.44. The van der Waals surface area contributed by atoms with Crippen LogP contribution in [-0.4, -0.2) is 41.5 Å². The highest BCUT2D eigenvalue weighted by Gasteiger charge is 2.33. The van der Waals surface area contributed by atoms with Gasteiger partial charge in [-0.2, -0.15) is 0 Å². The third kappa shape index (κ3) is 5.55. The van der Waals surface area contributed by atoms with E-state index in [0.717, 1.165) is 52.5 Å². The highest BCUT2D eigenvalue weighted by Crippen LogP contribution is 2.38. The van der Waals surface area contributed by atoms with Gasteiger partial charge in [0.1, 0.15) is 16.4 Å². The predicted octanol–water partition coefficient (Wildman–Crippen LogP) is 8.41. The molecule has 0 bridgehead atoms. The number of nitrogens with zero attached hydrogens (tertiary/aromatic N) is 2. The fourth-order valence-electron chi connectivity index (χ4n) is 5.28. The number of methoxy groups -OCH3 is 1. The Bertz CT molecular complexity index is 1430. The van der Waals surface area contributed by atoms with Gasteiger partial charge < -0.3 is 9.64 Å². The first-order chi connectivity index (χ1) is 18.4. The predicted molar refractivity (Wildman–Crippen MR) is 155 cm³/mol. The lowest BCUT2D eigenvalue weighted by Gasteiger charge is -2.38. The molecule has 0 unspecified atom stereocenters. The Labute approximate surface area is 236 Å². The van der Waals surface area contributed by atoms with Crippen LogP contribution in [0.4, 0.5) is 4.39 Å². The first kappa shape index (κ1) is 26.9. The second-order valence-corrected chi connectivity index (χ2v) is 11.7. The van der Waals surface area contributed by atoms with E-state index in [1.807, 2.05) is 54.4 Å². The van der Waals surface area contributed by atoms with Gasteiger partial charge in [-0.1, -0.05) is 48.0 Å². The van der Waals surface area contributed by atoms with Crippen molar-refractivity contribution < 1.29 is 13.9 Å². The molecule has 1 aliphatic rings. The Morgan fingerprint density at radius 2 is 1.66 bits per heavy atom. The summed E-state index contributed by atoms with van der Waals surface area (Å²) in [6.45, 7) is 0.369. The molecule has 1 fully saturated rings. The number of fused-ring (bicyclic) bond motifs is 1. The fraction of sp³-hybridized carbons (Fsp3) is 0.300. The summed E-state index contributed by atoms with van der Waals surface area (Å²) in [5, 5.41) is 1.40. The first-order valence-electron chi connectivity index (χ1n) is 12.6. The molecule has 0 radical (unpaired) electrons. The molecule has 0 spiro atoms. The molecule has 38 heavy (non-hydrogen) atoms. The van der Waals surface area contributed by atoms with Crippen molar-refractivity contribution in [1.29, 1.82) is 0 Å². The number of halogens is 3. The first-order valence-corrected chi connectivity index (χ1v) is 14.2. The van der Waals surface area contributed by atoms with E-state index < -0.39 is 0 Å². The van der Waals surface area contributed by atoms with Gasteiger partial charge in [0.15, 0.2) is 0 Å². The van der Waals surface area contributed by atoms with Gasteiger partial charge in [-0.3, -0.25) is 4.79 Å². The number of benzene rings is 3. The third-order valence-electron chi connectivity index (χ3n) is 7.40. The largest absolute Gasteiger partial charge is 0.496 e. The summed E-state index contributed by atoms with van der Waals surface area (Å²) >= 11 is 14.5. The van der Waals surface area contributed by atoms with Crippen LogP contribution in [0.3, 0.4) is 0 Å². The molecule has 0 aliphatic heterocycles. The number of ether oxygens (including phenoxy) is 1. The molecule has 1 heterocycles. The van der Waals surface area contributed by atoms with Crippen LogP contribution in [0, 0.1) is 5.82 Å². The summed E-state index contributed by atoms with van der Waals surface area (Å²) in [5.41, 5.74) is 2.71. The van der Waals surface area contributed by atoms with Crippen LogP contribution in [0.25, 0.3) is 21.2 Å². The van der Waals surface area contributed by atoms with Gasteiger partial charge in [0, 0.05) is 41.3 Å². The molecule has 4 aromatic rings. The van der Waals surface area contributed by atoms with Crippen LogP contribution >= 0.6 is 34.7 Å². The van der Waals surface area contributed by atoms with Crippen LogP contribution in [0.15, 0.2) is 66.7 Å². The lowest BCUT2D eigenvalue weighted by molar-refractivity contribution is 0.0589. The van der Waals surface area contributed by atoms with Crippen LogP contribution in [0.2, 0.25) is 5.02 Å². The molecule has 198 valence electrons. The van der Waals surface area contributed by atoms with Gasteiger partial charge in [-0.05, 0) is 78.9 Å². The van der Waals surface area contributed by atoms with E-state index in [0.29, 0.717) is 22.2 Å². The second-order valence-electron chi connectivity index (χ2n) is 9.70. The Morgan fingerprint density at radius 3 is 2.32 bits per heavy atom.